The van der Waals surface area contributed by atoms with Crippen LogP contribution in [0, 0.1) is 6.92 Å². The van der Waals surface area contributed by atoms with Gasteiger partial charge in [0.05, 0.1) is 6.04 Å². The standard InChI is InChI=1S/C14H20N2O.ClH/c1-11-6-3-4-7-12(11)10-16(2)14(17)13-8-5-9-15-13;/h3-4,6-7,13,15H,5,8-10H2,1-2H3;1H/t13-;/m0./s1. The Balaban J connectivity index is 0.00000162. The first kappa shape index (κ1) is 15.0. The first-order valence-corrected chi connectivity index (χ1v) is 6.21. The highest BCUT2D eigenvalue weighted by molar-refractivity contribution is 5.85. The van der Waals surface area contributed by atoms with E-state index in [1.165, 1.54) is 11.1 Å². The summed E-state index contributed by atoms with van der Waals surface area (Å²) >= 11 is 0. The minimum Gasteiger partial charge on any atom is -0.340 e. The van der Waals surface area contributed by atoms with Gasteiger partial charge in [-0.05, 0) is 37.4 Å². The van der Waals surface area contributed by atoms with Crippen molar-refractivity contribution in [1.29, 1.82) is 0 Å². The van der Waals surface area contributed by atoms with E-state index in [0.29, 0.717) is 6.54 Å². The predicted molar refractivity (Wildman–Crippen MR) is 75.9 cm³/mol. The normalized spacial score (nSPS) is 18.2. The van der Waals surface area contributed by atoms with Crippen LogP contribution in [0.5, 0.6) is 0 Å². The number of aryl methyl sites for hydroxylation is 1. The van der Waals surface area contributed by atoms with Gasteiger partial charge in [-0.1, -0.05) is 24.3 Å². The molecule has 1 atom stereocenters. The molecule has 0 bridgehead atoms. The number of likely N-dealkylation sites (N-methyl/N-ethyl adjacent to an activating group) is 1. The molecule has 1 aliphatic rings. The number of nitrogens with one attached hydrogen (secondary N) is 1. The molecule has 2 rings (SSSR count). The Labute approximate surface area is 115 Å². The molecular formula is C14H21ClN2O. The van der Waals surface area contributed by atoms with E-state index in [1.54, 1.807) is 0 Å². The summed E-state index contributed by atoms with van der Waals surface area (Å²) in [6.45, 7) is 3.75. The van der Waals surface area contributed by atoms with Gasteiger partial charge in [0.25, 0.3) is 0 Å². The molecule has 0 saturated carbocycles. The highest BCUT2D eigenvalue weighted by Gasteiger charge is 2.24. The van der Waals surface area contributed by atoms with Crippen LogP contribution in [-0.2, 0) is 11.3 Å². The molecule has 0 radical (unpaired) electrons. The summed E-state index contributed by atoms with van der Waals surface area (Å²) in [6, 6.07) is 8.25. The molecule has 1 aromatic carbocycles. The number of amides is 1. The third-order valence-electron chi connectivity index (χ3n) is 3.40. The van der Waals surface area contributed by atoms with Crippen LogP contribution in [0.1, 0.15) is 24.0 Å². The number of carbonyl (C=O) groups is 1. The SMILES string of the molecule is Cc1ccccc1CN(C)C(=O)[C@@H]1CCCN1.Cl. The summed E-state index contributed by atoms with van der Waals surface area (Å²) in [5.74, 6) is 0.214. The monoisotopic (exact) mass is 268 g/mol. The van der Waals surface area contributed by atoms with Crippen LogP contribution >= 0.6 is 12.4 Å². The number of rotatable bonds is 3. The molecule has 1 amide bonds. The fraction of sp³-hybridized carbons (Fsp3) is 0.500. The molecule has 0 aromatic heterocycles. The van der Waals surface area contributed by atoms with E-state index in [9.17, 15) is 4.79 Å². The van der Waals surface area contributed by atoms with E-state index in [-0.39, 0.29) is 24.4 Å². The van der Waals surface area contributed by atoms with Crippen molar-refractivity contribution in [3.05, 3.63) is 35.4 Å². The Morgan fingerprint density at radius 2 is 2.17 bits per heavy atom. The molecule has 18 heavy (non-hydrogen) atoms. The van der Waals surface area contributed by atoms with E-state index in [2.05, 4.69) is 24.4 Å². The molecule has 1 aromatic rings. The van der Waals surface area contributed by atoms with Crippen molar-refractivity contribution in [2.45, 2.75) is 32.4 Å². The minimum atomic E-state index is 0. The lowest BCUT2D eigenvalue weighted by Crippen LogP contribution is -2.41. The van der Waals surface area contributed by atoms with Gasteiger partial charge in [-0.15, -0.1) is 12.4 Å². The Hall–Kier alpha value is -1.06. The van der Waals surface area contributed by atoms with E-state index in [4.69, 9.17) is 0 Å². The van der Waals surface area contributed by atoms with Crippen LogP contribution in [-0.4, -0.2) is 30.4 Å². The summed E-state index contributed by atoms with van der Waals surface area (Å²) in [5, 5.41) is 3.25. The molecule has 0 unspecified atom stereocenters. The quantitative estimate of drug-likeness (QED) is 0.911. The second-order valence-electron chi connectivity index (χ2n) is 4.77. The molecule has 1 heterocycles. The summed E-state index contributed by atoms with van der Waals surface area (Å²) in [4.78, 5) is 13.9. The van der Waals surface area contributed by atoms with Crippen LogP contribution in [0.25, 0.3) is 0 Å². The van der Waals surface area contributed by atoms with Crippen molar-refractivity contribution < 1.29 is 4.79 Å². The Morgan fingerprint density at radius 1 is 1.44 bits per heavy atom. The summed E-state index contributed by atoms with van der Waals surface area (Å²) < 4.78 is 0. The predicted octanol–water partition coefficient (Wildman–Crippen LogP) is 2.13. The van der Waals surface area contributed by atoms with Crippen LogP contribution in [0.2, 0.25) is 0 Å². The van der Waals surface area contributed by atoms with E-state index >= 15 is 0 Å². The zero-order chi connectivity index (χ0) is 12.3. The molecule has 1 N–H and O–H groups in total. The zero-order valence-electron chi connectivity index (χ0n) is 11.0. The lowest BCUT2D eigenvalue weighted by molar-refractivity contribution is -0.132. The van der Waals surface area contributed by atoms with Crippen molar-refractivity contribution in [2.24, 2.45) is 0 Å². The van der Waals surface area contributed by atoms with Crippen molar-refractivity contribution in [3.63, 3.8) is 0 Å². The van der Waals surface area contributed by atoms with Gasteiger partial charge in [-0.2, -0.15) is 0 Å². The van der Waals surface area contributed by atoms with Gasteiger partial charge in [0.15, 0.2) is 0 Å². The summed E-state index contributed by atoms with van der Waals surface area (Å²) in [6.07, 6.45) is 2.07. The Kier molecular flexibility index (Phi) is 5.63. The molecule has 100 valence electrons. The molecular weight excluding hydrogens is 248 g/mol. The van der Waals surface area contributed by atoms with E-state index in [0.717, 1.165) is 19.4 Å². The maximum Gasteiger partial charge on any atom is 0.239 e. The lowest BCUT2D eigenvalue weighted by atomic mass is 10.1. The van der Waals surface area contributed by atoms with E-state index < -0.39 is 0 Å². The fourth-order valence-corrected chi connectivity index (χ4v) is 2.28. The second-order valence-corrected chi connectivity index (χ2v) is 4.77. The molecule has 1 aliphatic heterocycles. The number of halogens is 1. The van der Waals surface area contributed by atoms with Gasteiger partial charge >= 0.3 is 0 Å². The fourth-order valence-electron chi connectivity index (χ4n) is 2.28. The average molecular weight is 269 g/mol. The van der Waals surface area contributed by atoms with Crippen molar-refractivity contribution in [2.75, 3.05) is 13.6 Å². The average Bonchev–Trinajstić information content (AvgIpc) is 2.84. The molecule has 4 heteroatoms. The lowest BCUT2D eigenvalue weighted by Gasteiger charge is -2.22. The molecule has 3 nitrogen and oxygen atoms in total. The van der Waals surface area contributed by atoms with Gasteiger partial charge in [-0.3, -0.25) is 4.79 Å². The zero-order valence-corrected chi connectivity index (χ0v) is 11.8. The van der Waals surface area contributed by atoms with E-state index in [1.807, 2.05) is 24.1 Å². The highest BCUT2D eigenvalue weighted by Crippen LogP contribution is 2.13. The number of nitrogens with zero attached hydrogens (tertiary/aromatic N) is 1. The van der Waals surface area contributed by atoms with Gasteiger partial charge in [0.1, 0.15) is 0 Å². The maximum atomic E-state index is 12.1. The first-order chi connectivity index (χ1) is 8.18. The third kappa shape index (κ3) is 3.47. The van der Waals surface area contributed by atoms with Gasteiger partial charge in [-0.25, -0.2) is 0 Å². The van der Waals surface area contributed by atoms with Crippen molar-refractivity contribution in [1.82, 2.24) is 10.2 Å². The van der Waals surface area contributed by atoms with Gasteiger partial charge in [0, 0.05) is 13.6 Å². The minimum absolute atomic E-state index is 0. The number of benzene rings is 1. The molecule has 0 aliphatic carbocycles. The molecule has 0 spiro atoms. The van der Waals surface area contributed by atoms with Crippen LogP contribution < -0.4 is 5.32 Å². The molecule has 1 saturated heterocycles. The highest BCUT2D eigenvalue weighted by atomic mass is 35.5. The summed E-state index contributed by atoms with van der Waals surface area (Å²) in [7, 11) is 1.88. The van der Waals surface area contributed by atoms with Gasteiger partial charge < -0.3 is 10.2 Å². The number of hydrogen-bond acceptors (Lipinski definition) is 2. The van der Waals surface area contributed by atoms with Crippen molar-refractivity contribution in [3.8, 4) is 0 Å². The smallest absolute Gasteiger partial charge is 0.239 e. The second kappa shape index (κ2) is 6.76. The Bertz CT molecular complexity index is 403. The molecule has 1 fully saturated rings. The Morgan fingerprint density at radius 3 is 2.78 bits per heavy atom. The van der Waals surface area contributed by atoms with Crippen LogP contribution in [0.4, 0.5) is 0 Å². The maximum absolute atomic E-state index is 12.1. The third-order valence-corrected chi connectivity index (χ3v) is 3.40. The van der Waals surface area contributed by atoms with Crippen LogP contribution in [0.15, 0.2) is 24.3 Å². The topological polar surface area (TPSA) is 32.3 Å². The first-order valence-electron chi connectivity index (χ1n) is 6.21. The van der Waals surface area contributed by atoms with Gasteiger partial charge in [0.2, 0.25) is 5.91 Å². The van der Waals surface area contributed by atoms with Crippen molar-refractivity contribution >= 4 is 18.3 Å². The largest absolute Gasteiger partial charge is 0.340 e. The van der Waals surface area contributed by atoms with Crippen LogP contribution in [0.3, 0.4) is 0 Å². The number of carbonyl (C=O) groups excluding carboxylic acids is 1. The number of hydrogen-bond donors (Lipinski definition) is 1. The summed E-state index contributed by atoms with van der Waals surface area (Å²) in [5.41, 5.74) is 2.47.